The minimum absolute atomic E-state index is 0.163. The van der Waals surface area contributed by atoms with Gasteiger partial charge >= 0.3 is 5.97 Å². The first kappa shape index (κ1) is 11.6. The Morgan fingerprint density at radius 3 is 2.65 bits per heavy atom. The van der Waals surface area contributed by atoms with Crippen LogP contribution in [-0.2, 0) is 9.53 Å². The van der Waals surface area contributed by atoms with Gasteiger partial charge in [0.05, 0.1) is 12.5 Å². The molecular formula is C15H16O2. The number of esters is 1. The van der Waals surface area contributed by atoms with Crippen LogP contribution < -0.4 is 0 Å². The molecule has 2 aromatic carbocycles. The van der Waals surface area contributed by atoms with Crippen molar-refractivity contribution in [3.8, 4) is 0 Å². The van der Waals surface area contributed by atoms with Gasteiger partial charge in [0.25, 0.3) is 0 Å². The maximum Gasteiger partial charge on any atom is 0.313 e. The molecule has 0 unspecified atom stereocenters. The van der Waals surface area contributed by atoms with Gasteiger partial charge in [0.1, 0.15) is 0 Å². The molecule has 0 aromatic heterocycles. The van der Waals surface area contributed by atoms with Gasteiger partial charge < -0.3 is 4.74 Å². The molecule has 0 fully saturated rings. The lowest BCUT2D eigenvalue weighted by molar-refractivity contribution is -0.144. The average molecular weight is 228 g/mol. The first-order chi connectivity index (χ1) is 8.24. The predicted molar refractivity (Wildman–Crippen MR) is 69.0 cm³/mol. The summed E-state index contributed by atoms with van der Waals surface area (Å²) in [6.07, 6.45) is 0. The summed E-state index contributed by atoms with van der Waals surface area (Å²) in [6.45, 7) is 4.14. The van der Waals surface area contributed by atoms with Gasteiger partial charge in [0.2, 0.25) is 0 Å². The molecule has 0 aliphatic rings. The van der Waals surface area contributed by atoms with E-state index >= 15 is 0 Å². The largest absolute Gasteiger partial charge is 0.466 e. The molecule has 0 radical (unpaired) electrons. The minimum atomic E-state index is -0.221. The smallest absolute Gasteiger partial charge is 0.313 e. The standard InChI is InChI=1S/C15H16O2/c1-3-17-15(16)11(2)13-10-6-8-12-7-4-5-9-14(12)13/h4-11H,3H2,1-2H3/t11-/m1/s1. The molecule has 0 amide bonds. The number of ether oxygens (including phenoxy) is 1. The van der Waals surface area contributed by atoms with Crippen molar-refractivity contribution in [3.63, 3.8) is 0 Å². The minimum Gasteiger partial charge on any atom is -0.466 e. The molecule has 0 saturated carbocycles. The van der Waals surface area contributed by atoms with Gasteiger partial charge in [-0.3, -0.25) is 4.79 Å². The summed E-state index contributed by atoms with van der Waals surface area (Å²) in [5, 5.41) is 2.27. The van der Waals surface area contributed by atoms with Crippen molar-refractivity contribution in [1.82, 2.24) is 0 Å². The number of benzene rings is 2. The summed E-state index contributed by atoms with van der Waals surface area (Å²) in [6, 6.07) is 14.1. The number of rotatable bonds is 3. The van der Waals surface area contributed by atoms with Crippen molar-refractivity contribution >= 4 is 16.7 Å². The van der Waals surface area contributed by atoms with Gasteiger partial charge in [-0.25, -0.2) is 0 Å². The summed E-state index contributed by atoms with van der Waals surface area (Å²) in [5.74, 6) is -0.384. The Bertz CT molecular complexity index is 526. The molecule has 2 nitrogen and oxygen atoms in total. The second-order valence-corrected chi connectivity index (χ2v) is 4.04. The number of carbonyl (C=O) groups excluding carboxylic acids is 1. The van der Waals surface area contributed by atoms with Crippen molar-refractivity contribution in [3.05, 3.63) is 48.0 Å². The van der Waals surface area contributed by atoms with E-state index in [1.807, 2.05) is 44.2 Å². The van der Waals surface area contributed by atoms with Crippen molar-refractivity contribution in [2.45, 2.75) is 19.8 Å². The molecule has 88 valence electrons. The highest BCUT2D eigenvalue weighted by Crippen LogP contribution is 2.26. The molecule has 0 N–H and O–H groups in total. The van der Waals surface area contributed by atoms with Crippen LogP contribution in [0.5, 0.6) is 0 Å². The van der Waals surface area contributed by atoms with Crippen LogP contribution in [0.4, 0.5) is 0 Å². The molecule has 0 aliphatic carbocycles. The highest BCUT2D eigenvalue weighted by atomic mass is 16.5. The Morgan fingerprint density at radius 2 is 1.88 bits per heavy atom. The molecule has 0 saturated heterocycles. The molecule has 0 bridgehead atoms. The van der Waals surface area contributed by atoms with E-state index in [2.05, 4.69) is 12.1 Å². The molecule has 0 aliphatic heterocycles. The van der Waals surface area contributed by atoms with Crippen molar-refractivity contribution < 1.29 is 9.53 Å². The van der Waals surface area contributed by atoms with Gasteiger partial charge in [0, 0.05) is 0 Å². The number of hydrogen-bond acceptors (Lipinski definition) is 2. The van der Waals surface area contributed by atoms with E-state index in [-0.39, 0.29) is 11.9 Å². The Kier molecular flexibility index (Phi) is 3.43. The van der Waals surface area contributed by atoms with E-state index in [9.17, 15) is 4.79 Å². The number of hydrogen-bond donors (Lipinski definition) is 0. The summed E-state index contributed by atoms with van der Waals surface area (Å²) in [7, 11) is 0. The predicted octanol–water partition coefficient (Wildman–Crippen LogP) is 3.51. The van der Waals surface area contributed by atoms with Gasteiger partial charge in [-0.15, -0.1) is 0 Å². The van der Waals surface area contributed by atoms with Gasteiger partial charge in [-0.05, 0) is 30.2 Å². The van der Waals surface area contributed by atoms with E-state index in [1.165, 1.54) is 0 Å². The summed E-state index contributed by atoms with van der Waals surface area (Å²) in [4.78, 5) is 11.8. The van der Waals surface area contributed by atoms with Crippen LogP contribution in [0, 0.1) is 0 Å². The lowest BCUT2D eigenvalue weighted by Gasteiger charge is -2.13. The fourth-order valence-corrected chi connectivity index (χ4v) is 2.02. The second-order valence-electron chi connectivity index (χ2n) is 4.04. The number of carbonyl (C=O) groups is 1. The van der Waals surface area contributed by atoms with E-state index in [0.717, 1.165) is 16.3 Å². The van der Waals surface area contributed by atoms with Crippen molar-refractivity contribution in [1.29, 1.82) is 0 Å². The lowest BCUT2D eigenvalue weighted by atomic mass is 9.95. The summed E-state index contributed by atoms with van der Waals surface area (Å²) in [5.41, 5.74) is 1.03. The molecule has 0 heterocycles. The van der Waals surface area contributed by atoms with Crippen LogP contribution >= 0.6 is 0 Å². The third-order valence-corrected chi connectivity index (χ3v) is 2.93. The quantitative estimate of drug-likeness (QED) is 0.751. The third-order valence-electron chi connectivity index (χ3n) is 2.93. The SMILES string of the molecule is CCOC(=O)[C@H](C)c1cccc2ccccc12. The zero-order chi connectivity index (χ0) is 12.3. The van der Waals surface area contributed by atoms with Gasteiger partial charge in [-0.1, -0.05) is 42.5 Å². The van der Waals surface area contributed by atoms with Crippen LogP contribution in [0.2, 0.25) is 0 Å². The number of fused-ring (bicyclic) bond motifs is 1. The third kappa shape index (κ3) is 2.31. The van der Waals surface area contributed by atoms with Gasteiger partial charge in [0.15, 0.2) is 0 Å². The first-order valence-corrected chi connectivity index (χ1v) is 5.88. The topological polar surface area (TPSA) is 26.3 Å². The summed E-state index contributed by atoms with van der Waals surface area (Å²) >= 11 is 0. The molecule has 17 heavy (non-hydrogen) atoms. The van der Waals surface area contributed by atoms with E-state index < -0.39 is 0 Å². The molecule has 0 spiro atoms. The second kappa shape index (κ2) is 5.00. The fraction of sp³-hybridized carbons (Fsp3) is 0.267. The normalized spacial score (nSPS) is 12.4. The Morgan fingerprint density at radius 1 is 1.18 bits per heavy atom. The van der Waals surface area contributed by atoms with Crippen LogP contribution in [0.1, 0.15) is 25.3 Å². The van der Waals surface area contributed by atoms with E-state index in [4.69, 9.17) is 4.74 Å². The monoisotopic (exact) mass is 228 g/mol. The van der Waals surface area contributed by atoms with Gasteiger partial charge in [-0.2, -0.15) is 0 Å². The Labute approximate surface area is 101 Å². The maximum atomic E-state index is 11.8. The zero-order valence-electron chi connectivity index (χ0n) is 10.1. The lowest BCUT2D eigenvalue weighted by Crippen LogP contribution is -2.13. The Hall–Kier alpha value is -1.83. The van der Waals surface area contributed by atoms with Crippen molar-refractivity contribution in [2.75, 3.05) is 6.61 Å². The zero-order valence-corrected chi connectivity index (χ0v) is 10.1. The maximum absolute atomic E-state index is 11.8. The van der Waals surface area contributed by atoms with E-state index in [1.54, 1.807) is 0 Å². The molecule has 2 heteroatoms. The molecular weight excluding hydrogens is 212 g/mol. The summed E-state index contributed by atoms with van der Waals surface area (Å²) < 4.78 is 5.07. The van der Waals surface area contributed by atoms with Crippen LogP contribution in [0.15, 0.2) is 42.5 Å². The van der Waals surface area contributed by atoms with Crippen molar-refractivity contribution in [2.24, 2.45) is 0 Å². The first-order valence-electron chi connectivity index (χ1n) is 5.88. The molecule has 2 rings (SSSR count). The highest BCUT2D eigenvalue weighted by Gasteiger charge is 2.18. The molecule has 1 atom stereocenters. The fourth-order valence-electron chi connectivity index (χ4n) is 2.02. The van der Waals surface area contributed by atoms with Crippen LogP contribution in [-0.4, -0.2) is 12.6 Å². The molecule has 2 aromatic rings. The van der Waals surface area contributed by atoms with E-state index in [0.29, 0.717) is 6.61 Å². The average Bonchev–Trinajstić information content (AvgIpc) is 2.37. The highest BCUT2D eigenvalue weighted by molar-refractivity contribution is 5.90. The van der Waals surface area contributed by atoms with Crippen LogP contribution in [0.25, 0.3) is 10.8 Å². The Balaban J connectivity index is 2.44. The van der Waals surface area contributed by atoms with Crippen LogP contribution in [0.3, 0.4) is 0 Å².